The molecule has 1 saturated carbocycles. The Kier molecular flexibility index (Phi) is 4.05. The van der Waals surface area contributed by atoms with Gasteiger partial charge in [0.15, 0.2) is 0 Å². The first-order valence-corrected chi connectivity index (χ1v) is 8.02. The second-order valence-electron chi connectivity index (χ2n) is 4.59. The molecule has 0 unspecified atom stereocenters. The fourth-order valence-electron chi connectivity index (χ4n) is 2.06. The Balaban J connectivity index is 2.08. The summed E-state index contributed by atoms with van der Waals surface area (Å²) in [4.78, 5) is 3.91. The van der Waals surface area contributed by atoms with Gasteiger partial charge < -0.3 is 5.11 Å². The van der Waals surface area contributed by atoms with Gasteiger partial charge in [-0.05, 0) is 34.8 Å². The zero-order chi connectivity index (χ0) is 13.2. The van der Waals surface area contributed by atoms with Crippen LogP contribution in [0.2, 0.25) is 0 Å². The molecule has 1 fully saturated rings. The molecule has 1 aliphatic rings. The highest BCUT2D eigenvalue weighted by atomic mass is 79.9. The Bertz CT molecular complexity index is 527. The summed E-state index contributed by atoms with van der Waals surface area (Å²) in [5.74, 6) is 0. The Morgan fingerprint density at radius 1 is 1.39 bits per heavy atom. The standard InChI is InChI=1S/C11H15BrN2O3S/c12-9-5-10(7-13-6-9)18(16,17)14-8-11(15)3-1-2-4-11/h5-7,14-15H,1-4,8H2. The summed E-state index contributed by atoms with van der Waals surface area (Å²) in [6.45, 7) is 0.0574. The van der Waals surface area contributed by atoms with Crippen molar-refractivity contribution in [3.05, 3.63) is 22.9 Å². The predicted molar refractivity (Wildman–Crippen MR) is 70.5 cm³/mol. The summed E-state index contributed by atoms with van der Waals surface area (Å²) < 4.78 is 27.0. The first kappa shape index (κ1) is 13.9. The molecule has 0 aromatic carbocycles. The maximum Gasteiger partial charge on any atom is 0.242 e. The van der Waals surface area contributed by atoms with E-state index in [0.717, 1.165) is 12.8 Å². The molecule has 0 spiro atoms. The third-order valence-electron chi connectivity index (χ3n) is 3.12. The molecule has 1 heterocycles. The van der Waals surface area contributed by atoms with Crippen LogP contribution >= 0.6 is 15.9 Å². The number of sulfonamides is 1. The van der Waals surface area contributed by atoms with Crippen molar-refractivity contribution in [2.75, 3.05) is 6.54 Å². The van der Waals surface area contributed by atoms with Crippen molar-refractivity contribution < 1.29 is 13.5 Å². The topological polar surface area (TPSA) is 79.3 Å². The normalized spacial score (nSPS) is 19.0. The lowest BCUT2D eigenvalue weighted by Gasteiger charge is -2.22. The van der Waals surface area contributed by atoms with Gasteiger partial charge in [0.2, 0.25) is 10.0 Å². The maximum atomic E-state index is 12.0. The predicted octanol–water partition coefficient (Wildman–Crippen LogP) is 1.43. The van der Waals surface area contributed by atoms with Crippen molar-refractivity contribution in [1.29, 1.82) is 0 Å². The molecule has 7 heteroatoms. The lowest BCUT2D eigenvalue weighted by Crippen LogP contribution is -2.40. The fraction of sp³-hybridized carbons (Fsp3) is 0.545. The minimum Gasteiger partial charge on any atom is -0.389 e. The van der Waals surface area contributed by atoms with E-state index in [4.69, 9.17) is 0 Å². The SMILES string of the molecule is O=S(=O)(NCC1(O)CCCC1)c1cncc(Br)c1. The summed E-state index contributed by atoms with van der Waals surface area (Å²) in [5.41, 5.74) is -0.896. The van der Waals surface area contributed by atoms with E-state index in [-0.39, 0.29) is 11.4 Å². The average molecular weight is 335 g/mol. The quantitative estimate of drug-likeness (QED) is 0.872. The van der Waals surface area contributed by atoms with E-state index < -0.39 is 15.6 Å². The van der Waals surface area contributed by atoms with Gasteiger partial charge in [-0.1, -0.05) is 12.8 Å². The number of nitrogens with zero attached hydrogens (tertiary/aromatic N) is 1. The minimum absolute atomic E-state index is 0.0574. The zero-order valence-electron chi connectivity index (χ0n) is 9.76. The molecule has 5 nitrogen and oxygen atoms in total. The van der Waals surface area contributed by atoms with E-state index in [1.165, 1.54) is 18.5 Å². The molecule has 2 rings (SSSR count). The van der Waals surface area contributed by atoms with Crippen LogP contribution in [0.3, 0.4) is 0 Å². The highest BCUT2D eigenvalue weighted by Gasteiger charge is 2.32. The van der Waals surface area contributed by atoms with Crippen molar-refractivity contribution >= 4 is 26.0 Å². The van der Waals surface area contributed by atoms with Gasteiger partial charge in [-0.15, -0.1) is 0 Å². The van der Waals surface area contributed by atoms with E-state index in [1.54, 1.807) is 0 Å². The largest absolute Gasteiger partial charge is 0.389 e. The van der Waals surface area contributed by atoms with Gasteiger partial charge in [-0.2, -0.15) is 0 Å². The monoisotopic (exact) mass is 334 g/mol. The highest BCUT2D eigenvalue weighted by molar-refractivity contribution is 9.10. The number of nitrogens with one attached hydrogen (secondary N) is 1. The summed E-state index contributed by atoms with van der Waals surface area (Å²) in [6.07, 6.45) is 5.97. The number of hydrogen-bond acceptors (Lipinski definition) is 4. The van der Waals surface area contributed by atoms with Gasteiger partial charge in [0.05, 0.1) is 5.60 Å². The molecule has 100 valence electrons. The van der Waals surface area contributed by atoms with Crippen LogP contribution in [0.5, 0.6) is 0 Å². The number of halogens is 1. The molecule has 0 saturated heterocycles. The van der Waals surface area contributed by atoms with Crippen LogP contribution in [0, 0.1) is 0 Å². The molecule has 0 aliphatic heterocycles. The third-order valence-corrected chi connectivity index (χ3v) is 4.92. The van der Waals surface area contributed by atoms with E-state index in [2.05, 4.69) is 25.6 Å². The molecule has 0 amide bonds. The molecule has 1 aromatic rings. The van der Waals surface area contributed by atoms with Crippen LogP contribution in [0.25, 0.3) is 0 Å². The number of hydrogen-bond donors (Lipinski definition) is 2. The minimum atomic E-state index is -3.61. The summed E-state index contributed by atoms with van der Waals surface area (Å²) in [7, 11) is -3.61. The Labute approximate surface area is 115 Å². The molecular weight excluding hydrogens is 320 g/mol. The van der Waals surface area contributed by atoms with Gasteiger partial charge in [0.25, 0.3) is 0 Å². The lowest BCUT2D eigenvalue weighted by molar-refractivity contribution is 0.0532. The number of pyridine rings is 1. The van der Waals surface area contributed by atoms with Crippen molar-refractivity contribution in [2.45, 2.75) is 36.2 Å². The number of rotatable bonds is 4. The third kappa shape index (κ3) is 3.28. The average Bonchev–Trinajstić information content (AvgIpc) is 2.75. The molecular formula is C11H15BrN2O3S. The van der Waals surface area contributed by atoms with E-state index in [1.807, 2.05) is 0 Å². The van der Waals surface area contributed by atoms with Crippen LogP contribution in [-0.4, -0.2) is 30.7 Å². The van der Waals surface area contributed by atoms with Crippen molar-refractivity contribution in [3.8, 4) is 0 Å². The molecule has 1 aliphatic carbocycles. The Hall–Kier alpha value is -0.500. The van der Waals surface area contributed by atoms with Gasteiger partial charge in [-0.3, -0.25) is 4.98 Å². The van der Waals surface area contributed by atoms with Gasteiger partial charge in [0, 0.05) is 23.4 Å². The fourth-order valence-corrected chi connectivity index (χ4v) is 3.69. The molecule has 2 N–H and O–H groups in total. The van der Waals surface area contributed by atoms with Crippen LogP contribution in [-0.2, 0) is 10.0 Å². The molecule has 0 radical (unpaired) electrons. The lowest BCUT2D eigenvalue weighted by atomic mass is 10.0. The summed E-state index contributed by atoms with van der Waals surface area (Å²) in [6, 6.07) is 1.48. The van der Waals surface area contributed by atoms with E-state index >= 15 is 0 Å². The van der Waals surface area contributed by atoms with E-state index in [9.17, 15) is 13.5 Å². The van der Waals surface area contributed by atoms with Crippen LogP contribution in [0.15, 0.2) is 27.8 Å². The Morgan fingerprint density at radius 3 is 2.67 bits per heavy atom. The zero-order valence-corrected chi connectivity index (χ0v) is 12.2. The number of aliphatic hydroxyl groups is 1. The molecule has 1 aromatic heterocycles. The molecule has 18 heavy (non-hydrogen) atoms. The van der Waals surface area contributed by atoms with Crippen molar-refractivity contribution in [1.82, 2.24) is 9.71 Å². The second kappa shape index (κ2) is 5.24. The smallest absolute Gasteiger partial charge is 0.242 e. The van der Waals surface area contributed by atoms with Gasteiger partial charge in [-0.25, -0.2) is 13.1 Å². The van der Waals surface area contributed by atoms with Crippen LogP contribution in [0.1, 0.15) is 25.7 Å². The molecule has 0 bridgehead atoms. The Morgan fingerprint density at radius 2 is 2.06 bits per heavy atom. The first-order chi connectivity index (χ1) is 8.41. The second-order valence-corrected chi connectivity index (χ2v) is 7.28. The van der Waals surface area contributed by atoms with Gasteiger partial charge in [0.1, 0.15) is 4.90 Å². The maximum absolute atomic E-state index is 12.0. The van der Waals surface area contributed by atoms with Crippen molar-refractivity contribution in [2.24, 2.45) is 0 Å². The highest BCUT2D eigenvalue weighted by Crippen LogP contribution is 2.29. The van der Waals surface area contributed by atoms with E-state index in [0.29, 0.717) is 17.3 Å². The van der Waals surface area contributed by atoms with Crippen molar-refractivity contribution in [3.63, 3.8) is 0 Å². The molecule has 0 atom stereocenters. The first-order valence-electron chi connectivity index (χ1n) is 5.74. The van der Waals surface area contributed by atoms with Crippen LogP contribution < -0.4 is 4.72 Å². The van der Waals surface area contributed by atoms with Gasteiger partial charge >= 0.3 is 0 Å². The summed E-state index contributed by atoms with van der Waals surface area (Å²) >= 11 is 3.18. The van der Waals surface area contributed by atoms with Crippen LogP contribution in [0.4, 0.5) is 0 Å². The number of aromatic nitrogens is 1. The summed E-state index contributed by atoms with van der Waals surface area (Å²) in [5, 5.41) is 10.1.